The Bertz CT molecular complexity index is 527. The largest absolute Gasteiger partial charge is 0.0619 e. The molecule has 4 rings (SSSR count). The van der Waals surface area contributed by atoms with Crippen LogP contribution < -0.4 is 0 Å². The maximum Gasteiger partial charge on any atom is 0.0221 e. The summed E-state index contributed by atoms with van der Waals surface area (Å²) >= 11 is 0. The molecule has 1 spiro atoms. The first-order valence-corrected chi connectivity index (χ1v) is 6.53. The van der Waals surface area contributed by atoms with Crippen molar-refractivity contribution in [2.24, 2.45) is 0 Å². The molecule has 17 heavy (non-hydrogen) atoms. The van der Waals surface area contributed by atoms with Crippen molar-refractivity contribution < 1.29 is 0 Å². The minimum atomic E-state index is 0.299. The lowest BCUT2D eigenvalue weighted by atomic mass is 9.77. The first-order chi connectivity index (χ1) is 8.42. The van der Waals surface area contributed by atoms with Crippen LogP contribution in [0.1, 0.15) is 36.8 Å². The summed E-state index contributed by atoms with van der Waals surface area (Å²) in [6.07, 6.45) is 5.32. The lowest BCUT2D eigenvalue weighted by molar-refractivity contribution is 0.549. The van der Waals surface area contributed by atoms with Gasteiger partial charge in [0.25, 0.3) is 0 Å². The molecule has 0 nitrogen and oxygen atoms in total. The summed E-state index contributed by atoms with van der Waals surface area (Å²) in [4.78, 5) is 0. The Morgan fingerprint density at radius 1 is 0.882 bits per heavy atom. The van der Waals surface area contributed by atoms with Crippen LogP contribution in [-0.4, -0.2) is 0 Å². The third-order valence-corrected chi connectivity index (χ3v) is 4.52. The van der Waals surface area contributed by atoms with Crippen molar-refractivity contribution in [3.8, 4) is 11.1 Å². The molecule has 0 heteroatoms. The van der Waals surface area contributed by atoms with Gasteiger partial charge in [0.1, 0.15) is 0 Å². The molecule has 0 aromatic heterocycles. The van der Waals surface area contributed by atoms with Crippen LogP contribution in [0.25, 0.3) is 11.1 Å². The molecule has 2 aliphatic rings. The van der Waals surface area contributed by atoms with Gasteiger partial charge < -0.3 is 0 Å². The highest BCUT2D eigenvalue weighted by molar-refractivity contribution is 5.80. The van der Waals surface area contributed by atoms with E-state index in [4.69, 9.17) is 0 Å². The van der Waals surface area contributed by atoms with Gasteiger partial charge in [-0.25, -0.2) is 0 Å². The summed E-state index contributed by atoms with van der Waals surface area (Å²) < 4.78 is 0. The van der Waals surface area contributed by atoms with Crippen LogP contribution in [0, 0.1) is 6.07 Å². The van der Waals surface area contributed by atoms with Gasteiger partial charge >= 0.3 is 0 Å². The van der Waals surface area contributed by atoms with Crippen LogP contribution in [0.2, 0.25) is 0 Å². The molecule has 0 N–H and O–H groups in total. The van der Waals surface area contributed by atoms with Gasteiger partial charge in [0.05, 0.1) is 0 Å². The average molecular weight is 219 g/mol. The van der Waals surface area contributed by atoms with Gasteiger partial charge in [-0.3, -0.25) is 0 Å². The van der Waals surface area contributed by atoms with E-state index in [0.29, 0.717) is 5.41 Å². The fourth-order valence-electron chi connectivity index (χ4n) is 3.83. The van der Waals surface area contributed by atoms with Gasteiger partial charge in [-0.15, -0.1) is 0 Å². The zero-order chi connectivity index (χ0) is 11.3. The number of fused-ring (bicyclic) bond motifs is 5. The summed E-state index contributed by atoms with van der Waals surface area (Å²) in [5.41, 5.74) is 6.17. The molecule has 1 radical (unpaired) electrons. The minimum Gasteiger partial charge on any atom is -0.0619 e. The minimum absolute atomic E-state index is 0.299. The third-order valence-electron chi connectivity index (χ3n) is 4.52. The van der Waals surface area contributed by atoms with Gasteiger partial charge in [-0.2, -0.15) is 0 Å². The zero-order valence-corrected chi connectivity index (χ0v) is 9.87. The van der Waals surface area contributed by atoms with Gasteiger partial charge in [-0.1, -0.05) is 55.3 Å². The van der Waals surface area contributed by atoms with E-state index in [0.717, 1.165) is 0 Å². The Balaban J connectivity index is 2.09. The SMILES string of the molecule is [c]1cccc2c1C1(CCCC1)c1ccccc1-2. The predicted molar refractivity (Wildman–Crippen MR) is 70.0 cm³/mol. The molecule has 2 aromatic carbocycles. The van der Waals surface area contributed by atoms with Crippen LogP contribution in [0.5, 0.6) is 0 Å². The standard InChI is InChI=1S/C17H15/c1-3-9-15-13(7-1)14-8-2-4-10-16(14)17(15)11-5-6-12-17/h1-4,7-9H,5-6,11-12H2. The van der Waals surface area contributed by atoms with E-state index in [2.05, 4.69) is 48.5 Å². The predicted octanol–water partition coefficient (Wildman–Crippen LogP) is 4.33. The molecule has 0 aliphatic heterocycles. The number of benzene rings is 2. The molecule has 0 bridgehead atoms. The second-order valence-corrected chi connectivity index (χ2v) is 5.29. The van der Waals surface area contributed by atoms with Crippen molar-refractivity contribution >= 4 is 0 Å². The van der Waals surface area contributed by atoms with Gasteiger partial charge in [0.15, 0.2) is 0 Å². The molecular weight excluding hydrogens is 204 g/mol. The fraction of sp³-hybridized carbons (Fsp3) is 0.294. The Morgan fingerprint density at radius 3 is 2.53 bits per heavy atom. The highest BCUT2D eigenvalue weighted by Crippen LogP contribution is 2.56. The lowest BCUT2D eigenvalue weighted by Crippen LogP contribution is -2.20. The normalized spacial score (nSPS) is 19.3. The summed E-state index contributed by atoms with van der Waals surface area (Å²) in [6, 6.07) is 18.9. The van der Waals surface area contributed by atoms with E-state index in [-0.39, 0.29) is 0 Å². The monoisotopic (exact) mass is 219 g/mol. The van der Waals surface area contributed by atoms with Crippen LogP contribution >= 0.6 is 0 Å². The molecule has 0 saturated heterocycles. The van der Waals surface area contributed by atoms with Gasteiger partial charge in [-0.05, 0) is 41.2 Å². The molecule has 1 saturated carbocycles. The Morgan fingerprint density at radius 2 is 1.65 bits per heavy atom. The molecule has 1 fully saturated rings. The maximum absolute atomic E-state index is 3.53. The van der Waals surface area contributed by atoms with Crippen molar-refractivity contribution in [3.63, 3.8) is 0 Å². The average Bonchev–Trinajstić information content (AvgIpc) is 2.98. The van der Waals surface area contributed by atoms with Crippen molar-refractivity contribution in [1.29, 1.82) is 0 Å². The molecule has 83 valence electrons. The summed E-state index contributed by atoms with van der Waals surface area (Å²) in [5, 5.41) is 0. The third kappa shape index (κ3) is 1.08. The van der Waals surface area contributed by atoms with Crippen LogP contribution in [0.4, 0.5) is 0 Å². The quantitative estimate of drug-likeness (QED) is 0.618. The van der Waals surface area contributed by atoms with Crippen molar-refractivity contribution in [2.45, 2.75) is 31.1 Å². The molecule has 2 aromatic rings. The lowest BCUT2D eigenvalue weighted by Gasteiger charge is -2.26. The Kier molecular flexibility index (Phi) is 1.80. The first-order valence-electron chi connectivity index (χ1n) is 6.53. The first kappa shape index (κ1) is 9.47. The molecule has 0 amide bonds. The van der Waals surface area contributed by atoms with Crippen LogP contribution in [-0.2, 0) is 5.41 Å². The van der Waals surface area contributed by atoms with E-state index in [9.17, 15) is 0 Å². The van der Waals surface area contributed by atoms with Crippen LogP contribution in [0.3, 0.4) is 0 Å². The van der Waals surface area contributed by atoms with E-state index in [1.165, 1.54) is 42.4 Å². The number of rotatable bonds is 0. The van der Waals surface area contributed by atoms with Crippen LogP contribution in [0.15, 0.2) is 42.5 Å². The van der Waals surface area contributed by atoms with E-state index in [1.54, 1.807) is 5.56 Å². The highest BCUT2D eigenvalue weighted by Gasteiger charge is 2.44. The Hall–Kier alpha value is -1.56. The van der Waals surface area contributed by atoms with Crippen molar-refractivity contribution in [3.05, 3.63) is 59.7 Å². The second kappa shape index (κ2) is 3.22. The van der Waals surface area contributed by atoms with E-state index >= 15 is 0 Å². The number of hydrogen-bond donors (Lipinski definition) is 0. The topological polar surface area (TPSA) is 0 Å². The fourth-order valence-corrected chi connectivity index (χ4v) is 3.83. The van der Waals surface area contributed by atoms with Crippen molar-refractivity contribution in [2.75, 3.05) is 0 Å². The van der Waals surface area contributed by atoms with Gasteiger partial charge in [0, 0.05) is 5.41 Å². The second-order valence-electron chi connectivity index (χ2n) is 5.29. The summed E-state index contributed by atoms with van der Waals surface area (Å²) in [6.45, 7) is 0. The Labute approximate surface area is 102 Å². The van der Waals surface area contributed by atoms with E-state index < -0.39 is 0 Å². The molecular formula is C17H15. The molecule has 0 heterocycles. The summed E-state index contributed by atoms with van der Waals surface area (Å²) in [5.74, 6) is 0. The number of hydrogen-bond acceptors (Lipinski definition) is 0. The molecule has 0 unspecified atom stereocenters. The molecule has 0 atom stereocenters. The summed E-state index contributed by atoms with van der Waals surface area (Å²) in [7, 11) is 0. The highest BCUT2D eigenvalue weighted by atomic mass is 14.5. The molecule has 2 aliphatic carbocycles. The van der Waals surface area contributed by atoms with E-state index in [1.807, 2.05) is 0 Å². The smallest absolute Gasteiger partial charge is 0.0221 e. The maximum atomic E-state index is 3.53. The van der Waals surface area contributed by atoms with Gasteiger partial charge in [0.2, 0.25) is 0 Å². The van der Waals surface area contributed by atoms with Crippen molar-refractivity contribution in [1.82, 2.24) is 0 Å². The zero-order valence-electron chi connectivity index (χ0n) is 9.87.